The SMILES string of the molecule is CCCCCC1CCC(c2ccc(C3=CCC(C4CCC(c5ccc(CCC)c(F)c5)CC4)CC3)cc2)CC1. The summed E-state index contributed by atoms with van der Waals surface area (Å²) in [4.78, 5) is 0. The zero-order valence-corrected chi connectivity index (χ0v) is 24.9. The molecule has 2 aromatic rings. The Bertz CT molecular complexity index is 1050. The van der Waals surface area contributed by atoms with E-state index in [1.165, 1.54) is 107 Å². The van der Waals surface area contributed by atoms with Crippen LogP contribution in [0.1, 0.15) is 151 Å². The molecule has 3 aliphatic rings. The highest BCUT2D eigenvalue weighted by Crippen LogP contribution is 2.44. The van der Waals surface area contributed by atoms with Gasteiger partial charge in [0.1, 0.15) is 5.82 Å². The Hall–Kier alpha value is -1.89. The van der Waals surface area contributed by atoms with Crippen LogP contribution in [0.5, 0.6) is 0 Å². The van der Waals surface area contributed by atoms with Crippen LogP contribution in [-0.2, 0) is 6.42 Å². The Kier molecular flexibility index (Phi) is 10.4. The van der Waals surface area contributed by atoms with Crippen LogP contribution < -0.4 is 0 Å². The van der Waals surface area contributed by atoms with Crippen LogP contribution in [-0.4, -0.2) is 0 Å². The second-order valence-corrected chi connectivity index (χ2v) is 13.3. The predicted molar refractivity (Wildman–Crippen MR) is 166 cm³/mol. The Morgan fingerprint density at radius 2 is 1.38 bits per heavy atom. The van der Waals surface area contributed by atoms with Crippen molar-refractivity contribution in [3.8, 4) is 0 Å². The van der Waals surface area contributed by atoms with Crippen LogP contribution >= 0.6 is 0 Å². The summed E-state index contributed by atoms with van der Waals surface area (Å²) < 4.78 is 14.5. The molecular formula is C38H53F. The number of hydrogen-bond acceptors (Lipinski definition) is 0. The van der Waals surface area contributed by atoms with Crippen molar-refractivity contribution >= 4 is 5.57 Å². The fourth-order valence-corrected chi connectivity index (χ4v) is 8.20. The minimum absolute atomic E-state index is 0.0136. The third-order valence-corrected chi connectivity index (χ3v) is 10.8. The van der Waals surface area contributed by atoms with Gasteiger partial charge in [-0.3, -0.25) is 0 Å². The average Bonchev–Trinajstić information content (AvgIpc) is 2.99. The van der Waals surface area contributed by atoms with Gasteiger partial charge >= 0.3 is 0 Å². The molecule has 0 bridgehead atoms. The maximum atomic E-state index is 14.5. The summed E-state index contributed by atoms with van der Waals surface area (Å²) in [5.74, 6) is 4.03. The number of halogens is 1. The van der Waals surface area contributed by atoms with Crippen LogP contribution in [0.15, 0.2) is 48.5 Å². The van der Waals surface area contributed by atoms with E-state index in [1.807, 2.05) is 12.1 Å². The molecule has 3 aliphatic carbocycles. The minimum Gasteiger partial charge on any atom is -0.207 e. The van der Waals surface area contributed by atoms with Crippen molar-refractivity contribution in [3.63, 3.8) is 0 Å². The first kappa shape index (κ1) is 28.6. The molecule has 0 spiro atoms. The zero-order chi connectivity index (χ0) is 27.0. The van der Waals surface area contributed by atoms with E-state index < -0.39 is 0 Å². The van der Waals surface area contributed by atoms with Crippen LogP contribution in [0.3, 0.4) is 0 Å². The van der Waals surface area contributed by atoms with Gasteiger partial charge in [-0.05, 0) is 141 Å². The lowest BCUT2D eigenvalue weighted by atomic mass is 9.70. The molecule has 212 valence electrons. The molecule has 0 heterocycles. The smallest absolute Gasteiger partial charge is 0.126 e. The molecule has 0 nitrogen and oxygen atoms in total. The number of benzene rings is 2. The predicted octanol–water partition coefficient (Wildman–Crippen LogP) is 11.8. The van der Waals surface area contributed by atoms with Gasteiger partial charge in [0.2, 0.25) is 0 Å². The van der Waals surface area contributed by atoms with E-state index in [2.05, 4.69) is 50.3 Å². The van der Waals surface area contributed by atoms with Crippen molar-refractivity contribution in [1.82, 2.24) is 0 Å². The molecule has 39 heavy (non-hydrogen) atoms. The first-order valence-corrected chi connectivity index (χ1v) is 16.7. The van der Waals surface area contributed by atoms with Crippen LogP contribution in [0.4, 0.5) is 4.39 Å². The van der Waals surface area contributed by atoms with Gasteiger partial charge < -0.3 is 0 Å². The molecule has 0 radical (unpaired) electrons. The third kappa shape index (κ3) is 7.45. The van der Waals surface area contributed by atoms with Gasteiger partial charge in [-0.2, -0.15) is 0 Å². The van der Waals surface area contributed by atoms with Gasteiger partial charge in [0.15, 0.2) is 0 Å². The summed E-state index contributed by atoms with van der Waals surface area (Å²) in [6.07, 6.45) is 24.6. The normalized spacial score (nSPS) is 27.8. The molecular weight excluding hydrogens is 475 g/mol. The summed E-state index contributed by atoms with van der Waals surface area (Å²) in [6, 6.07) is 15.8. The Morgan fingerprint density at radius 3 is 2.03 bits per heavy atom. The van der Waals surface area contributed by atoms with Gasteiger partial charge in [-0.25, -0.2) is 4.39 Å². The molecule has 0 N–H and O–H groups in total. The molecule has 2 fully saturated rings. The van der Waals surface area contributed by atoms with Gasteiger partial charge in [-0.15, -0.1) is 0 Å². The first-order chi connectivity index (χ1) is 19.1. The minimum atomic E-state index is 0.0136. The Balaban J connectivity index is 1.08. The summed E-state index contributed by atoms with van der Waals surface area (Å²) >= 11 is 0. The molecule has 0 aliphatic heterocycles. The summed E-state index contributed by atoms with van der Waals surface area (Å²) in [6.45, 7) is 4.43. The standard InChI is InChI=1S/C38H53F/c1-3-5-6-8-28-9-11-29(12-10-28)30-13-15-31(16-14-30)32-17-19-33(20-18-32)34-21-23-35(24-22-34)37-26-25-36(7-4-2)38(39)27-37/h13-17,25-29,33-35H,3-12,18-24H2,1-2H3. The highest BCUT2D eigenvalue weighted by Gasteiger charge is 2.30. The molecule has 0 saturated heterocycles. The van der Waals surface area contributed by atoms with Gasteiger partial charge in [-0.1, -0.05) is 88.4 Å². The topological polar surface area (TPSA) is 0 Å². The van der Waals surface area contributed by atoms with E-state index >= 15 is 0 Å². The monoisotopic (exact) mass is 528 g/mol. The first-order valence-electron chi connectivity index (χ1n) is 16.7. The second kappa shape index (κ2) is 14.1. The maximum absolute atomic E-state index is 14.5. The van der Waals surface area contributed by atoms with Crippen molar-refractivity contribution in [2.24, 2.45) is 17.8 Å². The van der Waals surface area contributed by atoms with E-state index in [9.17, 15) is 4.39 Å². The number of aryl methyl sites for hydroxylation is 1. The molecule has 2 saturated carbocycles. The maximum Gasteiger partial charge on any atom is 0.126 e. The van der Waals surface area contributed by atoms with Gasteiger partial charge in [0, 0.05) is 0 Å². The Morgan fingerprint density at radius 1 is 0.692 bits per heavy atom. The summed E-state index contributed by atoms with van der Waals surface area (Å²) in [5.41, 5.74) is 6.74. The summed E-state index contributed by atoms with van der Waals surface area (Å²) in [5, 5.41) is 0. The van der Waals surface area contributed by atoms with Crippen molar-refractivity contribution < 1.29 is 4.39 Å². The molecule has 1 unspecified atom stereocenters. The number of unbranched alkanes of at least 4 members (excludes halogenated alkanes) is 2. The lowest BCUT2D eigenvalue weighted by molar-refractivity contribution is 0.220. The average molecular weight is 529 g/mol. The van der Waals surface area contributed by atoms with Crippen LogP contribution in [0.25, 0.3) is 5.57 Å². The molecule has 0 amide bonds. The van der Waals surface area contributed by atoms with E-state index in [-0.39, 0.29) is 5.82 Å². The van der Waals surface area contributed by atoms with Crippen molar-refractivity contribution in [2.75, 3.05) is 0 Å². The lowest BCUT2D eigenvalue weighted by Gasteiger charge is -2.36. The zero-order valence-electron chi connectivity index (χ0n) is 24.9. The van der Waals surface area contributed by atoms with E-state index in [0.29, 0.717) is 5.92 Å². The lowest BCUT2D eigenvalue weighted by Crippen LogP contribution is -2.22. The van der Waals surface area contributed by atoms with Crippen molar-refractivity contribution in [1.29, 1.82) is 0 Å². The van der Waals surface area contributed by atoms with Crippen LogP contribution in [0.2, 0.25) is 0 Å². The number of rotatable bonds is 10. The van der Waals surface area contributed by atoms with E-state index in [0.717, 1.165) is 42.1 Å². The third-order valence-electron chi connectivity index (χ3n) is 10.8. The number of allylic oxidation sites excluding steroid dienone is 2. The fraction of sp³-hybridized carbons (Fsp3) is 0.632. The molecule has 1 heteroatoms. The van der Waals surface area contributed by atoms with Crippen molar-refractivity contribution in [3.05, 3.63) is 76.6 Å². The Labute approximate surface area is 238 Å². The highest BCUT2D eigenvalue weighted by atomic mass is 19.1. The number of hydrogen-bond donors (Lipinski definition) is 0. The van der Waals surface area contributed by atoms with Gasteiger partial charge in [0.05, 0.1) is 0 Å². The van der Waals surface area contributed by atoms with Crippen LogP contribution in [0, 0.1) is 23.6 Å². The molecule has 1 atom stereocenters. The quantitative estimate of drug-likeness (QED) is 0.269. The second-order valence-electron chi connectivity index (χ2n) is 13.3. The fourth-order valence-electron chi connectivity index (χ4n) is 8.20. The van der Waals surface area contributed by atoms with Crippen molar-refractivity contribution in [2.45, 2.75) is 135 Å². The van der Waals surface area contributed by atoms with E-state index in [1.54, 1.807) is 11.1 Å². The molecule has 2 aromatic carbocycles. The molecule has 5 rings (SSSR count). The largest absolute Gasteiger partial charge is 0.207 e. The summed E-state index contributed by atoms with van der Waals surface area (Å²) in [7, 11) is 0. The van der Waals surface area contributed by atoms with E-state index in [4.69, 9.17) is 0 Å². The van der Waals surface area contributed by atoms with Gasteiger partial charge in [0.25, 0.3) is 0 Å². The molecule has 0 aromatic heterocycles. The highest BCUT2D eigenvalue weighted by molar-refractivity contribution is 5.66.